The molecule has 5 rings (SSSR count). The molecule has 0 radical (unpaired) electrons. The van der Waals surface area contributed by atoms with Crippen molar-refractivity contribution in [2.24, 2.45) is 0 Å². The first kappa shape index (κ1) is 26.5. The van der Waals surface area contributed by atoms with Crippen LogP contribution in [0.3, 0.4) is 0 Å². The molecule has 5 aromatic carbocycles. The Balaban J connectivity index is 1.39. The van der Waals surface area contributed by atoms with Crippen LogP contribution in [0.25, 0.3) is 0 Å². The number of unbranched alkanes of at least 4 members (excludes halogenated alkanes) is 2. The Kier molecular flexibility index (Phi) is 9.48. The fourth-order valence-corrected chi connectivity index (χ4v) is 11.5. The van der Waals surface area contributed by atoms with Gasteiger partial charge in [0.1, 0.15) is 0 Å². The molecule has 0 aliphatic carbocycles. The molecule has 38 heavy (non-hydrogen) atoms. The summed E-state index contributed by atoms with van der Waals surface area (Å²) in [7, 11) is -2.31. The van der Waals surface area contributed by atoms with Crippen LogP contribution >= 0.6 is 19.0 Å². The van der Waals surface area contributed by atoms with Crippen LogP contribution in [-0.4, -0.2) is 5.75 Å². The Labute approximate surface area is 233 Å². The van der Waals surface area contributed by atoms with Crippen molar-refractivity contribution in [1.29, 1.82) is 0 Å². The van der Waals surface area contributed by atoms with E-state index in [1.54, 1.807) is 0 Å². The number of benzene rings is 5. The molecule has 5 aromatic rings. The van der Waals surface area contributed by atoms with Crippen LogP contribution in [0, 0.1) is 0 Å². The van der Waals surface area contributed by atoms with E-state index in [0.29, 0.717) is 0 Å². The summed E-state index contributed by atoms with van der Waals surface area (Å²) in [4.78, 5) is 1.44. The summed E-state index contributed by atoms with van der Waals surface area (Å²) in [5.41, 5.74) is 2.93. The summed E-state index contributed by atoms with van der Waals surface area (Å²) < 4.78 is 0. The third-order valence-corrected chi connectivity index (χ3v) is 13.5. The van der Waals surface area contributed by atoms with Gasteiger partial charge in [-0.2, -0.15) is 0 Å². The Morgan fingerprint density at radius 3 is 1.47 bits per heavy atom. The van der Waals surface area contributed by atoms with Gasteiger partial charge < -0.3 is 0 Å². The van der Waals surface area contributed by atoms with E-state index in [1.807, 2.05) is 11.8 Å². The zero-order valence-electron chi connectivity index (χ0n) is 22.0. The van der Waals surface area contributed by atoms with E-state index in [9.17, 15) is 0 Å². The van der Waals surface area contributed by atoms with Crippen LogP contribution in [0.15, 0.2) is 150 Å². The summed E-state index contributed by atoms with van der Waals surface area (Å²) >= 11 is 2.04. The van der Waals surface area contributed by atoms with Crippen molar-refractivity contribution in [3.05, 3.63) is 157 Å². The van der Waals surface area contributed by atoms with Crippen LogP contribution in [0.4, 0.5) is 0 Å². The minimum atomic E-state index is -2.31. The van der Waals surface area contributed by atoms with Gasteiger partial charge in [-0.15, -0.1) is 0 Å². The number of hydrogen-bond acceptors (Lipinski definition) is 1. The maximum absolute atomic E-state index is 2.37. The summed E-state index contributed by atoms with van der Waals surface area (Å²) in [5, 5.41) is 4.41. The fraction of sp³-hybridized carbons (Fsp3) is 0.167. The van der Waals surface area contributed by atoms with Crippen LogP contribution in [0.1, 0.15) is 30.4 Å². The van der Waals surface area contributed by atoms with Crippen molar-refractivity contribution < 1.29 is 0 Å². The van der Waals surface area contributed by atoms with E-state index in [0.717, 1.165) is 6.16 Å². The van der Waals surface area contributed by atoms with Crippen LogP contribution in [0.5, 0.6) is 0 Å². The maximum atomic E-state index is 2.37. The summed E-state index contributed by atoms with van der Waals surface area (Å²) in [6.45, 7) is 0. The van der Waals surface area contributed by atoms with Crippen molar-refractivity contribution in [1.82, 2.24) is 0 Å². The monoisotopic (exact) mass is 532 g/mol. The Morgan fingerprint density at radius 1 is 0.447 bits per heavy atom. The molecule has 0 atom stereocenters. The van der Waals surface area contributed by atoms with Crippen molar-refractivity contribution in [2.75, 3.05) is 5.75 Å². The van der Waals surface area contributed by atoms with E-state index < -0.39 is 7.26 Å². The van der Waals surface area contributed by atoms with E-state index in [2.05, 4.69) is 146 Å². The molecule has 0 heterocycles. The van der Waals surface area contributed by atoms with E-state index in [1.165, 1.54) is 63.4 Å². The first-order valence-corrected chi connectivity index (χ1v) is 17.0. The van der Waals surface area contributed by atoms with Crippen LogP contribution < -0.4 is 15.9 Å². The van der Waals surface area contributed by atoms with E-state index in [4.69, 9.17) is 0 Å². The van der Waals surface area contributed by atoms with Gasteiger partial charge in [0.2, 0.25) is 0 Å². The normalized spacial score (nSPS) is 11.8. The average molecular weight is 533 g/mol. The fourth-order valence-electron chi connectivity index (χ4n) is 5.49. The van der Waals surface area contributed by atoms with Gasteiger partial charge in [0.15, 0.2) is 0 Å². The molecule has 0 saturated heterocycles. The molecular weight excluding hydrogens is 495 g/mol. The molecule has 0 unspecified atom stereocenters. The van der Waals surface area contributed by atoms with Gasteiger partial charge in [0.25, 0.3) is 0 Å². The Bertz CT molecular complexity index is 1270. The topological polar surface area (TPSA) is 0 Å². The van der Waals surface area contributed by atoms with Crippen molar-refractivity contribution in [3.8, 4) is 0 Å². The zero-order chi connectivity index (χ0) is 25.9. The molecule has 0 aliphatic rings. The third-order valence-electron chi connectivity index (χ3n) is 7.44. The standard InChI is InChI=1S/C36H37PS/c1-6-18-31(19-7-1)20-8-5-17-29-38-36-28-16-15-21-32(36)30-37(33-22-9-2-10-23-33,34-24-11-3-12-25-34)35-26-13-4-14-27-35/h1-4,6-7,9-16,18-19,21-28,37H,5,8,17,20,29-30H2. The van der Waals surface area contributed by atoms with Gasteiger partial charge in [-0.1, -0.05) is 6.07 Å². The van der Waals surface area contributed by atoms with Crippen molar-refractivity contribution >= 4 is 34.9 Å². The molecule has 192 valence electrons. The first-order valence-electron chi connectivity index (χ1n) is 13.8. The van der Waals surface area contributed by atoms with Crippen molar-refractivity contribution in [3.63, 3.8) is 0 Å². The molecule has 0 aromatic heterocycles. The first-order chi connectivity index (χ1) is 18.9. The van der Waals surface area contributed by atoms with Gasteiger partial charge in [-0.05, 0) is 0 Å². The summed E-state index contributed by atoms with van der Waals surface area (Å²) in [6.07, 6.45) is 6.03. The molecule has 0 spiro atoms. The molecule has 0 nitrogen and oxygen atoms in total. The van der Waals surface area contributed by atoms with E-state index >= 15 is 0 Å². The molecule has 0 saturated carbocycles. The number of rotatable bonds is 12. The predicted octanol–water partition coefficient (Wildman–Crippen LogP) is 8.42. The third kappa shape index (κ3) is 6.47. The van der Waals surface area contributed by atoms with Gasteiger partial charge in [-0.25, -0.2) is 0 Å². The summed E-state index contributed by atoms with van der Waals surface area (Å²) in [5.74, 6) is 1.17. The molecule has 0 aliphatic heterocycles. The van der Waals surface area contributed by atoms with Crippen LogP contribution in [0.2, 0.25) is 0 Å². The second-order valence-electron chi connectivity index (χ2n) is 9.93. The second kappa shape index (κ2) is 13.6. The number of hydrogen-bond donors (Lipinski definition) is 0. The zero-order valence-corrected chi connectivity index (χ0v) is 23.8. The quantitative estimate of drug-likeness (QED) is 0.0883. The molecule has 0 bridgehead atoms. The summed E-state index contributed by atoms with van der Waals surface area (Å²) in [6, 6.07) is 53.8. The molecular formula is C36H37PS. The number of thioether (sulfide) groups is 1. The van der Waals surface area contributed by atoms with E-state index in [-0.39, 0.29) is 0 Å². The molecule has 0 amide bonds. The predicted molar refractivity (Wildman–Crippen MR) is 171 cm³/mol. The number of aryl methyl sites for hydroxylation is 1. The average Bonchev–Trinajstić information content (AvgIpc) is 3.00. The molecule has 2 heteroatoms. The minimum absolute atomic E-state index is 1.06. The molecule has 0 N–H and O–H groups in total. The van der Waals surface area contributed by atoms with Gasteiger partial charge >= 0.3 is 228 Å². The van der Waals surface area contributed by atoms with Gasteiger partial charge in [0, 0.05) is 0 Å². The van der Waals surface area contributed by atoms with Crippen LogP contribution in [-0.2, 0) is 12.6 Å². The Hall–Kier alpha value is -3.12. The van der Waals surface area contributed by atoms with Gasteiger partial charge in [-0.3, -0.25) is 0 Å². The van der Waals surface area contributed by atoms with Crippen molar-refractivity contribution in [2.45, 2.75) is 36.7 Å². The second-order valence-corrected chi connectivity index (χ2v) is 15.0. The van der Waals surface area contributed by atoms with Gasteiger partial charge in [0.05, 0.1) is 0 Å². The Morgan fingerprint density at radius 2 is 0.921 bits per heavy atom. The SMILES string of the molecule is c1ccc(CCCCCSc2ccccc2C[PH](c2ccccc2)(c2ccccc2)c2ccccc2)cc1. The molecule has 0 fully saturated rings.